The number of benzene rings is 1. The number of methoxy groups -OCH3 is 1. The molecule has 1 heterocycles. The number of rotatable bonds is 10. The summed E-state index contributed by atoms with van der Waals surface area (Å²) in [5, 5.41) is 3.18. The smallest absolute Gasteiger partial charge is 0.272 e. The van der Waals surface area contributed by atoms with E-state index in [9.17, 15) is 4.79 Å². The molecule has 2 aromatic rings. The van der Waals surface area contributed by atoms with Crippen molar-refractivity contribution in [3.63, 3.8) is 0 Å². The van der Waals surface area contributed by atoms with Crippen molar-refractivity contribution in [1.29, 1.82) is 0 Å². The van der Waals surface area contributed by atoms with Crippen LogP contribution in [0.5, 0.6) is 11.5 Å². The number of aryl methyl sites for hydroxylation is 1. The van der Waals surface area contributed by atoms with E-state index >= 15 is 0 Å². The molecule has 1 aromatic heterocycles. The molecule has 0 radical (unpaired) electrons. The van der Waals surface area contributed by atoms with Crippen LogP contribution in [0.15, 0.2) is 30.3 Å². The minimum absolute atomic E-state index is 0.0912. The molecule has 0 fully saturated rings. The second kappa shape index (κ2) is 10.4. The van der Waals surface area contributed by atoms with E-state index in [0.717, 1.165) is 30.9 Å². The van der Waals surface area contributed by atoms with Gasteiger partial charge in [0.2, 0.25) is 0 Å². The number of hydrogen-bond donors (Lipinski definition) is 1. The fourth-order valence-corrected chi connectivity index (χ4v) is 2.48. The molecule has 0 bridgehead atoms. The van der Waals surface area contributed by atoms with E-state index in [2.05, 4.69) is 22.2 Å². The molecule has 0 aliphatic rings. The summed E-state index contributed by atoms with van der Waals surface area (Å²) >= 11 is 0. The maximum absolute atomic E-state index is 12.5. The zero-order chi connectivity index (χ0) is 19.6. The van der Waals surface area contributed by atoms with Crippen LogP contribution in [-0.4, -0.2) is 54.6 Å². The predicted octanol–water partition coefficient (Wildman–Crippen LogP) is 3.16. The van der Waals surface area contributed by atoms with E-state index in [1.165, 1.54) is 0 Å². The van der Waals surface area contributed by atoms with Crippen LogP contribution in [0.2, 0.25) is 0 Å². The third kappa shape index (κ3) is 6.44. The molecular weight excluding hydrogens is 344 g/mol. The van der Waals surface area contributed by atoms with Crippen molar-refractivity contribution in [3.8, 4) is 11.5 Å². The maximum atomic E-state index is 12.5. The van der Waals surface area contributed by atoms with Gasteiger partial charge in [-0.25, -0.2) is 9.97 Å². The first kappa shape index (κ1) is 20.5. The largest absolute Gasteiger partial charge is 0.497 e. The third-order valence-electron chi connectivity index (χ3n) is 3.99. The molecule has 27 heavy (non-hydrogen) atoms. The van der Waals surface area contributed by atoms with E-state index in [-0.39, 0.29) is 5.91 Å². The number of nitrogens with one attached hydrogen (secondary N) is 1. The quantitative estimate of drug-likeness (QED) is 0.646. The number of nitrogens with zero attached hydrogens (tertiary/aromatic N) is 3. The molecule has 0 aliphatic carbocycles. The van der Waals surface area contributed by atoms with Crippen molar-refractivity contribution in [3.05, 3.63) is 41.9 Å². The van der Waals surface area contributed by atoms with Crippen LogP contribution < -0.4 is 14.8 Å². The van der Waals surface area contributed by atoms with E-state index in [4.69, 9.17) is 9.47 Å². The Kier molecular flexibility index (Phi) is 7.85. The van der Waals surface area contributed by atoms with E-state index in [1.807, 2.05) is 24.3 Å². The van der Waals surface area contributed by atoms with Gasteiger partial charge < -0.3 is 19.7 Å². The molecule has 1 N–H and O–H groups in total. The Morgan fingerprint density at radius 1 is 1.19 bits per heavy atom. The van der Waals surface area contributed by atoms with E-state index < -0.39 is 0 Å². The first-order valence-electron chi connectivity index (χ1n) is 9.15. The van der Waals surface area contributed by atoms with Crippen LogP contribution in [0, 0.1) is 6.92 Å². The number of carbonyl (C=O) groups is 1. The van der Waals surface area contributed by atoms with Crippen LogP contribution >= 0.6 is 0 Å². The highest BCUT2D eigenvalue weighted by Crippen LogP contribution is 2.17. The van der Waals surface area contributed by atoms with Gasteiger partial charge in [0.1, 0.15) is 35.4 Å². The van der Waals surface area contributed by atoms with Crippen molar-refractivity contribution in [1.82, 2.24) is 14.9 Å². The summed E-state index contributed by atoms with van der Waals surface area (Å²) in [5.41, 5.74) is 0.402. The van der Waals surface area contributed by atoms with Crippen molar-refractivity contribution in [2.45, 2.75) is 26.7 Å². The number of amides is 1. The van der Waals surface area contributed by atoms with Crippen LogP contribution in [0.4, 0.5) is 5.82 Å². The molecule has 0 saturated carbocycles. The lowest BCUT2D eigenvalue weighted by Crippen LogP contribution is -2.29. The predicted molar refractivity (Wildman–Crippen MR) is 106 cm³/mol. The zero-order valence-corrected chi connectivity index (χ0v) is 16.5. The van der Waals surface area contributed by atoms with Gasteiger partial charge in [0.25, 0.3) is 5.91 Å². The molecule has 0 spiro atoms. The van der Waals surface area contributed by atoms with Gasteiger partial charge in [-0.3, -0.25) is 4.79 Å². The van der Waals surface area contributed by atoms with Gasteiger partial charge in [-0.05, 0) is 37.6 Å². The first-order chi connectivity index (χ1) is 13.0. The van der Waals surface area contributed by atoms with E-state index in [0.29, 0.717) is 30.5 Å². The molecule has 146 valence electrons. The van der Waals surface area contributed by atoms with E-state index in [1.54, 1.807) is 32.0 Å². The number of carbonyl (C=O) groups excluding carboxylic acids is 1. The Balaban J connectivity index is 1.88. The number of unbranched alkanes of at least 4 members (excludes halogenated alkanes) is 1. The number of ether oxygens (including phenoxy) is 2. The summed E-state index contributed by atoms with van der Waals surface area (Å²) < 4.78 is 10.8. The van der Waals surface area contributed by atoms with Gasteiger partial charge >= 0.3 is 0 Å². The molecule has 0 atom stereocenters. The fraction of sp³-hybridized carbons (Fsp3) is 0.450. The van der Waals surface area contributed by atoms with Crippen LogP contribution in [-0.2, 0) is 0 Å². The Hall–Kier alpha value is -2.83. The minimum atomic E-state index is -0.0912. The molecule has 7 heteroatoms. The Labute approximate surface area is 160 Å². The Morgan fingerprint density at radius 2 is 1.89 bits per heavy atom. The summed E-state index contributed by atoms with van der Waals surface area (Å²) in [7, 11) is 3.43. The lowest BCUT2D eigenvalue weighted by molar-refractivity contribution is 0.0787. The molecule has 0 unspecified atom stereocenters. The lowest BCUT2D eigenvalue weighted by atomic mass is 10.3. The molecule has 2 rings (SSSR count). The van der Waals surface area contributed by atoms with Gasteiger partial charge in [-0.2, -0.15) is 0 Å². The van der Waals surface area contributed by atoms with Gasteiger partial charge in [0.15, 0.2) is 0 Å². The van der Waals surface area contributed by atoms with Gasteiger partial charge in [-0.1, -0.05) is 13.3 Å². The van der Waals surface area contributed by atoms with Gasteiger partial charge in [-0.15, -0.1) is 0 Å². The van der Waals surface area contributed by atoms with Crippen molar-refractivity contribution >= 4 is 11.7 Å². The molecule has 0 aliphatic heterocycles. The minimum Gasteiger partial charge on any atom is -0.497 e. The standard InChI is InChI=1S/C20H28N4O3/c1-5-6-12-24(3)20(25)18-14-19(23-15(2)22-18)21-11-13-27-17-9-7-16(26-4)8-10-17/h7-10,14H,5-6,11-13H2,1-4H3,(H,21,22,23). The van der Waals surface area contributed by atoms with Crippen LogP contribution in [0.25, 0.3) is 0 Å². The topological polar surface area (TPSA) is 76.6 Å². The van der Waals surface area contributed by atoms with Crippen LogP contribution in [0.1, 0.15) is 36.1 Å². The molecule has 0 saturated heterocycles. The highest BCUT2D eigenvalue weighted by molar-refractivity contribution is 5.92. The maximum Gasteiger partial charge on any atom is 0.272 e. The highest BCUT2D eigenvalue weighted by atomic mass is 16.5. The number of hydrogen-bond acceptors (Lipinski definition) is 6. The Morgan fingerprint density at radius 3 is 2.56 bits per heavy atom. The SMILES string of the molecule is CCCCN(C)C(=O)c1cc(NCCOc2ccc(OC)cc2)nc(C)n1. The highest BCUT2D eigenvalue weighted by Gasteiger charge is 2.14. The van der Waals surface area contributed by atoms with Crippen molar-refractivity contribution in [2.75, 3.05) is 39.2 Å². The molecule has 1 aromatic carbocycles. The monoisotopic (exact) mass is 372 g/mol. The normalized spacial score (nSPS) is 10.4. The average molecular weight is 372 g/mol. The number of anilines is 1. The molecule has 1 amide bonds. The molecule has 7 nitrogen and oxygen atoms in total. The second-order valence-electron chi connectivity index (χ2n) is 6.22. The summed E-state index contributed by atoms with van der Waals surface area (Å²) in [6.07, 6.45) is 2.02. The third-order valence-corrected chi connectivity index (χ3v) is 3.99. The summed E-state index contributed by atoms with van der Waals surface area (Å²) in [6, 6.07) is 9.10. The summed E-state index contributed by atoms with van der Waals surface area (Å²) in [5.74, 6) is 2.64. The van der Waals surface area contributed by atoms with Gasteiger partial charge in [0.05, 0.1) is 13.7 Å². The first-order valence-corrected chi connectivity index (χ1v) is 9.15. The average Bonchev–Trinajstić information content (AvgIpc) is 2.68. The van der Waals surface area contributed by atoms with Crippen LogP contribution in [0.3, 0.4) is 0 Å². The zero-order valence-electron chi connectivity index (χ0n) is 16.5. The fourth-order valence-electron chi connectivity index (χ4n) is 2.48. The number of aromatic nitrogens is 2. The molecular formula is C20H28N4O3. The lowest BCUT2D eigenvalue weighted by Gasteiger charge is -2.17. The van der Waals surface area contributed by atoms with Crippen molar-refractivity contribution < 1.29 is 14.3 Å². The Bertz CT molecular complexity index is 735. The summed E-state index contributed by atoms with van der Waals surface area (Å²) in [4.78, 5) is 22.8. The second-order valence-corrected chi connectivity index (χ2v) is 6.22. The van der Waals surface area contributed by atoms with Gasteiger partial charge in [0, 0.05) is 19.7 Å². The van der Waals surface area contributed by atoms with Crippen molar-refractivity contribution in [2.24, 2.45) is 0 Å². The summed E-state index contributed by atoms with van der Waals surface area (Å²) in [6.45, 7) is 5.62.